The smallest absolute Gasteiger partial charge is 0.289 e. The summed E-state index contributed by atoms with van der Waals surface area (Å²) in [6.07, 6.45) is 4.53. The minimum Gasteiger partial charge on any atom is -0.493 e. The molecule has 0 radical (unpaired) electrons. The Balaban J connectivity index is 1.56. The molecule has 0 saturated carbocycles. The Kier molecular flexibility index (Phi) is 5.08. The molecule has 1 aliphatic heterocycles. The van der Waals surface area contributed by atoms with Crippen LogP contribution in [0, 0.1) is 5.92 Å². The first kappa shape index (κ1) is 16.4. The van der Waals surface area contributed by atoms with Crippen molar-refractivity contribution in [2.75, 3.05) is 27.3 Å². The van der Waals surface area contributed by atoms with Gasteiger partial charge in [-0.2, -0.15) is 0 Å². The third kappa shape index (κ3) is 3.55. The number of furan rings is 1. The minimum absolute atomic E-state index is 0.00966. The van der Waals surface area contributed by atoms with Crippen LogP contribution in [0.4, 0.5) is 0 Å². The number of ether oxygens (including phenoxy) is 2. The fraction of sp³-hybridized carbons (Fsp3) is 0.421. The lowest BCUT2D eigenvalue weighted by Gasteiger charge is -2.31. The van der Waals surface area contributed by atoms with Crippen LogP contribution in [0.1, 0.15) is 29.0 Å². The molecule has 5 heteroatoms. The van der Waals surface area contributed by atoms with Crippen molar-refractivity contribution in [3.05, 3.63) is 47.9 Å². The van der Waals surface area contributed by atoms with E-state index in [-0.39, 0.29) is 5.91 Å². The van der Waals surface area contributed by atoms with E-state index in [0.29, 0.717) is 11.7 Å². The van der Waals surface area contributed by atoms with Gasteiger partial charge in [0.15, 0.2) is 17.3 Å². The lowest BCUT2D eigenvalue weighted by Crippen LogP contribution is -2.38. The Morgan fingerprint density at radius 1 is 1.17 bits per heavy atom. The predicted molar refractivity (Wildman–Crippen MR) is 90.6 cm³/mol. The summed E-state index contributed by atoms with van der Waals surface area (Å²) in [6.45, 7) is 1.55. The number of rotatable bonds is 5. The highest BCUT2D eigenvalue weighted by atomic mass is 16.5. The molecule has 1 aromatic heterocycles. The van der Waals surface area contributed by atoms with Gasteiger partial charge in [0, 0.05) is 13.1 Å². The average molecular weight is 329 g/mol. The van der Waals surface area contributed by atoms with Gasteiger partial charge in [-0.05, 0) is 55.0 Å². The van der Waals surface area contributed by atoms with Gasteiger partial charge in [-0.15, -0.1) is 0 Å². The topological polar surface area (TPSA) is 51.9 Å². The first-order chi connectivity index (χ1) is 11.7. The fourth-order valence-electron chi connectivity index (χ4n) is 3.24. The van der Waals surface area contributed by atoms with Crippen LogP contribution in [0.15, 0.2) is 41.0 Å². The van der Waals surface area contributed by atoms with E-state index in [0.717, 1.165) is 43.9 Å². The third-order valence-corrected chi connectivity index (χ3v) is 4.61. The maximum atomic E-state index is 12.3. The van der Waals surface area contributed by atoms with Gasteiger partial charge in [0.25, 0.3) is 5.91 Å². The van der Waals surface area contributed by atoms with Crippen LogP contribution in [-0.4, -0.2) is 38.1 Å². The van der Waals surface area contributed by atoms with Crippen LogP contribution in [-0.2, 0) is 6.42 Å². The van der Waals surface area contributed by atoms with E-state index in [9.17, 15) is 4.79 Å². The number of methoxy groups -OCH3 is 2. The minimum atomic E-state index is -0.00966. The van der Waals surface area contributed by atoms with Crippen LogP contribution in [0.3, 0.4) is 0 Å². The van der Waals surface area contributed by atoms with Crippen molar-refractivity contribution in [3.8, 4) is 11.5 Å². The number of carbonyl (C=O) groups is 1. The highest BCUT2D eigenvalue weighted by Gasteiger charge is 2.25. The summed E-state index contributed by atoms with van der Waals surface area (Å²) < 4.78 is 15.8. The summed E-state index contributed by atoms with van der Waals surface area (Å²) in [4.78, 5) is 14.2. The first-order valence-electron chi connectivity index (χ1n) is 8.25. The molecule has 24 heavy (non-hydrogen) atoms. The maximum absolute atomic E-state index is 12.3. The van der Waals surface area contributed by atoms with Gasteiger partial charge in [-0.3, -0.25) is 4.79 Å². The molecule has 0 aliphatic carbocycles. The largest absolute Gasteiger partial charge is 0.493 e. The Labute approximate surface area is 142 Å². The van der Waals surface area contributed by atoms with E-state index < -0.39 is 0 Å². The van der Waals surface area contributed by atoms with Crippen molar-refractivity contribution in [1.82, 2.24) is 4.90 Å². The third-order valence-electron chi connectivity index (χ3n) is 4.61. The number of carbonyl (C=O) groups excluding carboxylic acids is 1. The Morgan fingerprint density at radius 2 is 1.92 bits per heavy atom. The van der Waals surface area contributed by atoms with E-state index in [1.807, 2.05) is 17.0 Å². The lowest BCUT2D eigenvalue weighted by molar-refractivity contribution is 0.0658. The van der Waals surface area contributed by atoms with Crippen molar-refractivity contribution >= 4 is 5.91 Å². The van der Waals surface area contributed by atoms with Crippen LogP contribution < -0.4 is 9.47 Å². The van der Waals surface area contributed by atoms with E-state index >= 15 is 0 Å². The average Bonchev–Trinajstić information content (AvgIpc) is 3.16. The number of likely N-dealkylation sites (tertiary alicyclic amines) is 1. The number of benzene rings is 1. The SMILES string of the molecule is COc1ccc(CC2CCN(C(=O)c3ccco3)CC2)cc1OC. The van der Waals surface area contributed by atoms with Crippen LogP contribution in [0.25, 0.3) is 0 Å². The van der Waals surface area contributed by atoms with Crippen LogP contribution in [0.2, 0.25) is 0 Å². The summed E-state index contributed by atoms with van der Waals surface area (Å²) in [5.41, 5.74) is 1.24. The second-order valence-corrected chi connectivity index (χ2v) is 6.11. The zero-order valence-electron chi connectivity index (χ0n) is 14.2. The number of amides is 1. The summed E-state index contributed by atoms with van der Waals surface area (Å²) in [5.74, 6) is 2.50. The van der Waals surface area contributed by atoms with Gasteiger partial charge in [-0.1, -0.05) is 6.07 Å². The van der Waals surface area contributed by atoms with Gasteiger partial charge in [0.05, 0.1) is 20.5 Å². The Hall–Kier alpha value is -2.43. The van der Waals surface area contributed by atoms with Crippen molar-refractivity contribution < 1.29 is 18.7 Å². The van der Waals surface area contributed by atoms with Gasteiger partial charge in [-0.25, -0.2) is 0 Å². The van der Waals surface area contributed by atoms with Crippen molar-refractivity contribution in [2.24, 2.45) is 5.92 Å². The zero-order valence-corrected chi connectivity index (χ0v) is 14.2. The molecular weight excluding hydrogens is 306 g/mol. The molecule has 128 valence electrons. The normalized spacial score (nSPS) is 15.3. The molecule has 1 saturated heterocycles. The van der Waals surface area contributed by atoms with Gasteiger partial charge in [0.2, 0.25) is 0 Å². The summed E-state index contributed by atoms with van der Waals surface area (Å²) in [6, 6.07) is 9.54. The molecule has 0 spiro atoms. The van der Waals surface area contributed by atoms with Crippen LogP contribution in [0.5, 0.6) is 11.5 Å². The second kappa shape index (κ2) is 7.43. The summed E-state index contributed by atoms with van der Waals surface area (Å²) in [5, 5.41) is 0. The lowest BCUT2D eigenvalue weighted by atomic mass is 9.90. The summed E-state index contributed by atoms with van der Waals surface area (Å²) in [7, 11) is 3.30. The quantitative estimate of drug-likeness (QED) is 0.844. The molecule has 0 atom stereocenters. The summed E-state index contributed by atoms with van der Waals surface area (Å²) >= 11 is 0. The molecule has 1 fully saturated rings. The fourth-order valence-corrected chi connectivity index (χ4v) is 3.24. The standard InChI is InChI=1S/C19H23NO4/c1-22-16-6-5-15(13-18(16)23-2)12-14-7-9-20(10-8-14)19(21)17-4-3-11-24-17/h3-6,11,13-14H,7-10,12H2,1-2H3. The van der Waals surface area contributed by atoms with Crippen molar-refractivity contribution in [3.63, 3.8) is 0 Å². The highest BCUT2D eigenvalue weighted by Crippen LogP contribution is 2.30. The number of piperidine rings is 1. The zero-order chi connectivity index (χ0) is 16.9. The predicted octanol–water partition coefficient (Wildman–Crippen LogP) is 3.39. The van der Waals surface area contributed by atoms with Gasteiger partial charge >= 0.3 is 0 Å². The molecule has 1 aliphatic rings. The molecular formula is C19H23NO4. The molecule has 0 N–H and O–H groups in total. The Morgan fingerprint density at radius 3 is 2.54 bits per heavy atom. The van der Waals surface area contributed by atoms with E-state index in [2.05, 4.69) is 6.07 Å². The van der Waals surface area contributed by atoms with Crippen molar-refractivity contribution in [1.29, 1.82) is 0 Å². The molecule has 2 aromatic rings. The van der Waals surface area contributed by atoms with E-state index in [4.69, 9.17) is 13.9 Å². The molecule has 2 heterocycles. The molecule has 0 unspecified atom stereocenters. The van der Waals surface area contributed by atoms with E-state index in [1.54, 1.807) is 26.4 Å². The van der Waals surface area contributed by atoms with Gasteiger partial charge < -0.3 is 18.8 Å². The number of hydrogen-bond donors (Lipinski definition) is 0. The van der Waals surface area contributed by atoms with Gasteiger partial charge in [0.1, 0.15) is 0 Å². The highest BCUT2D eigenvalue weighted by molar-refractivity contribution is 5.91. The molecule has 0 bridgehead atoms. The maximum Gasteiger partial charge on any atom is 0.289 e. The molecule has 1 amide bonds. The molecule has 1 aromatic carbocycles. The molecule has 3 rings (SSSR count). The Bertz CT molecular complexity index is 673. The van der Waals surface area contributed by atoms with E-state index in [1.165, 1.54) is 11.8 Å². The number of hydrogen-bond acceptors (Lipinski definition) is 4. The van der Waals surface area contributed by atoms with Crippen LogP contribution >= 0.6 is 0 Å². The molecule has 5 nitrogen and oxygen atoms in total. The van der Waals surface area contributed by atoms with Crippen molar-refractivity contribution in [2.45, 2.75) is 19.3 Å². The second-order valence-electron chi connectivity index (χ2n) is 6.11. The monoisotopic (exact) mass is 329 g/mol. The number of nitrogens with zero attached hydrogens (tertiary/aromatic N) is 1. The first-order valence-corrected chi connectivity index (χ1v) is 8.25.